The van der Waals surface area contributed by atoms with E-state index in [0.717, 1.165) is 34.9 Å². The lowest BCUT2D eigenvalue weighted by molar-refractivity contribution is -0.142. The fourth-order valence-electron chi connectivity index (χ4n) is 3.18. The summed E-state index contributed by atoms with van der Waals surface area (Å²) >= 11 is 1.51. The first-order valence-corrected chi connectivity index (χ1v) is 9.53. The van der Waals surface area contributed by atoms with Gasteiger partial charge in [0.1, 0.15) is 0 Å². The van der Waals surface area contributed by atoms with Crippen molar-refractivity contribution in [2.45, 2.75) is 63.6 Å². The number of aromatic nitrogens is 2. The minimum atomic E-state index is -0.723. The Morgan fingerprint density at radius 1 is 1.17 bits per heavy atom. The van der Waals surface area contributed by atoms with Gasteiger partial charge < -0.3 is 10.4 Å². The van der Waals surface area contributed by atoms with Crippen molar-refractivity contribution in [1.29, 1.82) is 0 Å². The van der Waals surface area contributed by atoms with Crippen LogP contribution in [0.4, 0.5) is 0 Å². The molecule has 6 nitrogen and oxygen atoms in total. The molecule has 1 amide bonds. The number of aryl methyl sites for hydroxylation is 2. The SMILES string of the molecule is CSc1nc(C)c(CCC(=O)NC2CCC(C(=O)O)CC2)c(C)n1. The molecule has 1 heterocycles. The zero-order valence-electron chi connectivity index (χ0n) is 14.5. The molecule has 0 radical (unpaired) electrons. The molecule has 0 aromatic carbocycles. The highest BCUT2D eigenvalue weighted by molar-refractivity contribution is 7.98. The number of carbonyl (C=O) groups is 2. The average molecular weight is 351 g/mol. The third-order valence-corrected chi connectivity index (χ3v) is 5.17. The number of nitrogens with zero attached hydrogens (tertiary/aromatic N) is 2. The second kappa shape index (κ2) is 8.46. The van der Waals surface area contributed by atoms with Crippen molar-refractivity contribution in [1.82, 2.24) is 15.3 Å². The first-order valence-electron chi connectivity index (χ1n) is 8.31. The minimum absolute atomic E-state index is 0.0153. The van der Waals surface area contributed by atoms with Gasteiger partial charge in [-0.05, 0) is 57.8 Å². The smallest absolute Gasteiger partial charge is 0.306 e. The van der Waals surface area contributed by atoms with Crippen LogP contribution < -0.4 is 5.32 Å². The number of aliphatic carboxylic acids is 1. The third kappa shape index (κ3) is 4.93. The molecule has 1 aliphatic carbocycles. The molecule has 1 aromatic heterocycles. The van der Waals surface area contributed by atoms with Crippen molar-refractivity contribution in [3.63, 3.8) is 0 Å². The molecule has 1 aromatic rings. The monoisotopic (exact) mass is 351 g/mol. The van der Waals surface area contributed by atoms with Crippen molar-refractivity contribution >= 4 is 23.6 Å². The molecule has 0 unspecified atom stereocenters. The van der Waals surface area contributed by atoms with Crippen molar-refractivity contribution < 1.29 is 14.7 Å². The Labute approximate surface area is 146 Å². The first kappa shape index (κ1) is 18.7. The van der Waals surface area contributed by atoms with E-state index >= 15 is 0 Å². The Hall–Kier alpha value is -1.63. The van der Waals surface area contributed by atoms with Crippen molar-refractivity contribution in [2.24, 2.45) is 5.92 Å². The van der Waals surface area contributed by atoms with Crippen LogP contribution in [-0.2, 0) is 16.0 Å². The fourth-order valence-corrected chi connectivity index (χ4v) is 3.64. The van der Waals surface area contributed by atoms with Crippen LogP contribution in [0.5, 0.6) is 0 Å². The van der Waals surface area contributed by atoms with E-state index in [1.807, 2.05) is 20.1 Å². The standard InChI is InChI=1S/C17H25N3O3S/c1-10-14(11(2)19-17(18-10)24-3)8-9-15(21)20-13-6-4-12(5-7-13)16(22)23/h12-13H,4-9H2,1-3H3,(H,20,21)(H,22,23). The van der Waals surface area contributed by atoms with Crippen LogP contribution in [0.1, 0.15) is 49.1 Å². The quantitative estimate of drug-likeness (QED) is 0.604. The second-order valence-corrected chi connectivity index (χ2v) is 7.09. The summed E-state index contributed by atoms with van der Waals surface area (Å²) in [5.41, 5.74) is 2.90. The van der Waals surface area contributed by atoms with E-state index in [4.69, 9.17) is 5.11 Å². The molecule has 0 bridgehead atoms. The van der Waals surface area contributed by atoms with Crippen LogP contribution in [0, 0.1) is 19.8 Å². The summed E-state index contributed by atoms with van der Waals surface area (Å²) in [4.78, 5) is 32.0. The lowest BCUT2D eigenvalue weighted by Crippen LogP contribution is -2.38. The fraction of sp³-hybridized carbons (Fsp3) is 0.647. The summed E-state index contributed by atoms with van der Waals surface area (Å²) in [5.74, 6) is -0.962. The molecular weight excluding hydrogens is 326 g/mol. The van der Waals surface area contributed by atoms with E-state index in [1.54, 1.807) is 0 Å². The van der Waals surface area contributed by atoms with Crippen LogP contribution >= 0.6 is 11.8 Å². The Bertz CT molecular complexity index is 590. The molecule has 1 saturated carbocycles. The Kier molecular flexibility index (Phi) is 6.60. The molecule has 132 valence electrons. The van der Waals surface area contributed by atoms with Crippen LogP contribution in [0.25, 0.3) is 0 Å². The van der Waals surface area contributed by atoms with Crippen molar-refractivity contribution in [2.75, 3.05) is 6.26 Å². The normalized spacial score (nSPS) is 20.6. The molecule has 1 aliphatic rings. The highest BCUT2D eigenvalue weighted by Crippen LogP contribution is 2.24. The molecule has 0 aliphatic heterocycles. The molecule has 2 N–H and O–H groups in total. The number of carboxylic acid groups (broad SMARTS) is 1. The van der Waals surface area contributed by atoms with Crippen molar-refractivity contribution in [3.05, 3.63) is 17.0 Å². The maximum atomic E-state index is 12.2. The molecule has 2 rings (SSSR count). The molecule has 24 heavy (non-hydrogen) atoms. The number of nitrogens with one attached hydrogen (secondary N) is 1. The summed E-state index contributed by atoms with van der Waals surface area (Å²) in [6, 6.07) is 0.102. The Balaban J connectivity index is 1.83. The lowest BCUT2D eigenvalue weighted by Gasteiger charge is -2.26. The van der Waals surface area contributed by atoms with Gasteiger partial charge in [0, 0.05) is 23.9 Å². The molecule has 0 atom stereocenters. The largest absolute Gasteiger partial charge is 0.481 e. The number of carbonyl (C=O) groups excluding carboxylic acids is 1. The van der Waals surface area contributed by atoms with E-state index in [1.165, 1.54) is 11.8 Å². The van der Waals surface area contributed by atoms with E-state index in [-0.39, 0.29) is 17.9 Å². The summed E-state index contributed by atoms with van der Waals surface area (Å²) in [5, 5.41) is 12.8. The summed E-state index contributed by atoms with van der Waals surface area (Å²) in [7, 11) is 0. The summed E-state index contributed by atoms with van der Waals surface area (Å²) in [6.07, 6.45) is 5.75. The second-order valence-electron chi connectivity index (χ2n) is 6.31. The number of hydrogen-bond acceptors (Lipinski definition) is 5. The number of hydrogen-bond donors (Lipinski definition) is 2. The van der Waals surface area contributed by atoms with Gasteiger partial charge in [0.25, 0.3) is 0 Å². The number of rotatable bonds is 6. The maximum absolute atomic E-state index is 12.2. The zero-order valence-corrected chi connectivity index (χ0v) is 15.3. The predicted octanol–water partition coefficient (Wildman–Crippen LogP) is 2.51. The van der Waals surface area contributed by atoms with E-state index in [9.17, 15) is 9.59 Å². The van der Waals surface area contributed by atoms with Gasteiger partial charge in [-0.3, -0.25) is 9.59 Å². The van der Waals surface area contributed by atoms with Crippen LogP contribution in [0.15, 0.2) is 5.16 Å². The van der Waals surface area contributed by atoms with E-state index in [0.29, 0.717) is 25.7 Å². The average Bonchev–Trinajstić information content (AvgIpc) is 2.54. The van der Waals surface area contributed by atoms with Gasteiger partial charge in [-0.25, -0.2) is 9.97 Å². The highest BCUT2D eigenvalue weighted by atomic mass is 32.2. The third-order valence-electron chi connectivity index (χ3n) is 4.63. The van der Waals surface area contributed by atoms with Gasteiger partial charge in [0.15, 0.2) is 5.16 Å². The van der Waals surface area contributed by atoms with Gasteiger partial charge in [0.05, 0.1) is 5.92 Å². The van der Waals surface area contributed by atoms with E-state index in [2.05, 4.69) is 15.3 Å². The minimum Gasteiger partial charge on any atom is -0.481 e. The van der Waals surface area contributed by atoms with Crippen LogP contribution in [0.3, 0.4) is 0 Å². The number of thioether (sulfide) groups is 1. The molecule has 7 heteroatoms. The van der Waals surface area contributed by atoms with Gasteiger partial charge >= 0.3 is 5.97 Å². The topological polar surface area (TPSA) is 92.2 Å². The Morgan fingerprint density at radius 3 is 2.25 bits per heavy atom. The lowest BCUT2D eigenvalue weighted by atomic mass is 9.86. The highest BCUT2D eigenvalue weighted by Gasteiger charge is 2.26. The summed E-state index contributed by atoms with van der Waals surface area (Å²) < 4.78 is 0. The zero-order chi connectivity index (χ0) is 17.7. The summed E-state index contributed by atoms with van der Waals surface area (Å²) in [6.45, 7) is 3.91. The van der Waals surface area contributed by atoms with Gasteiger partial charge in [-0.1, -0.05) is 11.8 Å². The van der Waals surface area contributed by atoms with Crippen molar-refractivity contribution in [3.8, 4) is 0 Å². The van der Waals surface area contributed by atoms with Crippen LogP contribution in [-0.4, -0.2) is 39.2 Å². The molecule has 1 fully saturated rings. The maximum Gasteiger partial charge on any atom is 0.306 e. The van der Waals surface area contributed by atoms with Gasteiger partial charge in [0.2, 0.25) is 5.91 Å². The van der Waals surface area contributed by atoms with Gasteiger partial charge in [-0.15, -0.1) is 0 Å². The first-order chi connectivity index (χ1) is 11.4. The Morgan fingerprint density at radius 2 is 1.75 bits per heavy atom. The van der Waals surface area contributed by atoms with Crippen LogP contribution in [0.2, 0.25) is 0 Å². The number of carboxylic acids is 1. The molecule has 0 saturated heterocycles. The molecule has 0 spiro atoms. The predicted molar refractivity (Wildman–Crippen MR) is 93.1 cm³/mol. The number of amides is 1. The van der Waals surface area contributed by atoms with E-state index < -0.39 is 5.97 Å². The van der Waals surface area contributed by atoms with Gasteiger partial charge in [-0.2, -0.15) is 0 Å². The molecular formula is C17H25N3O3S.